The van der Waals surface area contributed by atoms with Gasteiger partial charge in [-0.1, -0.05) is 18.2 Å². The molecule has 1 saturated carbocycles. The van der Waals surface area contributed by atoms with Gasteiger partial charge in [0.05, 0.1) is 4.92 Å². The van der Waals surface area contributed by atoms with E-state index in [1.165, 1.54) is 12.3 Å². The molecular weight excluding hydrogens is 398 g/mol. The molecule has 1 aliphatic carbocycles. The number of oxazole rings is 1. The number of nitrogens with zero attached hydrogens (tertiary/aromatic N) is 5. The highest BCUT2D eigenvalue weighted by Crippen LogP contribution is 2.43. The van der Waals surface area contributed by atoms with Crippen molar-refractivity contribution < 1.29 is 14.1 Å². The predicted molar refractivity (Wildman–Crippen MR) is 113 cm³/mol. The van der Waals surface area contributed by atoms with E-state index in [1.54, 1.807) is 11.0 Å². The first kappa shape index (κ1) is 19.2. The Morgan fingerprint density at radius 2 is 1.81 bits per heavy atom. The van der Waals surface area contributed by atoms with Crippen LogP contribution in [0.2, 0.25) is 0 Å². The number of hydrogen-bond acceptors (Lipinski definition) is 7. The number of piperazine rings is 1. The summed E-state index contributed by atoms with van der Waals surface area (Å²) in [7, 11) is 0. The van der Waals surface area contributed by atoms with Gasteiger partial charge in [0.2, 0.25) is 5.89 Å². The monoisotopic (exact) mass is 419 g/mol. The van der Waals surface area contributed by atoms with Crippen molar-refractivity contribution in [2.75, 3.05) is 31.1 Å². The quantitative estimate of drug-likeness (QED) is 0.460. The summed E-state index contributed by atoms with van der Waals surface area (Å²) in [5.41, 5.74) is 1.24. The first-order chi connectivity index (χ1) is 15.1. The minimum Gasteiger partial charge on any atom is -0.440 e. The van der Waals surface area contributed by atoms with Crippen LogP contribution in [-0.4, -0.2) is 51.9 Å². The van der Waals surface area contributed by atoms with E-state index in [0.717, 1.165) is 18.4 Å². The summed E-state index contributed by atoms with van der Waals surface area (Å²) in [4.78, 5) is 36.2. The number of pyridine rings is 1. The standard InChI is InChI=1S/C22H21N5O4/c28-22(19-20(15-6-7-15)31-21(24-19)16-4-2-1-3-5-16)26-12-10-25(11-13-26)18-9-8-17(14-23-18)27(29)30/h1-5,8-9,14-15H,6-7,10-13H2. The number of hydrogen-bond donors (Lipinski definition) is 0. The van der Waals surface area contributed by atoms with Crippen LogP contribution in [0.1, 0.15) is 35.0 Å². The minimum atomic E-state index is -0.466. The van der Waals surface area contributed by atoms with Gasteiger partial charge in [-0.05, 0) is 31.0 Å². The lowest BCUT2D eigenvalue weighted by atomic mass is 10.2. The van der Waals surface area contributed by atoms with Gasteiger partial charge in [-0.2, -0.15) is 0 Å². The number of carbonyl (C=O) groups is 1. The highest BCUT2D eigenvalue weighted by atomic mass is 16.6. The van der Waals surface area contributed by atoms with Gasteiger partial charge in [0, 0.05) is 43.7 Å². The predicted octanol–water partition coefficient (Wildman–Crippen LogP) is 3.48. The fraction of sp³-hybridized carbons (Fsp3) is 0.318. The highest BCUT2D eigenvalue weighted by molar-refractivity contribution is 5.94. The summed E-state index contributed by atoms with van der Waals surface area (Å²) < 4.78 is 6.02. The van der Waals surface area contributed by atoms with E-state index >= 15 is 0 Å². The summed E-state index contributed by atoms with van der Waals surface area (Å²) in [6, 6.07) is 12.7. The molecule has 3 heterocycles. The molecule has 3 aromatic rings. The van der Waals surface area contributed by atoms with Gasteiger partial charge in [0.25, 0.3) is 11.6 Å². The Morgan fingerprint density at radius 3 is 2.42 bits per heavy atom. The number of rotatable bonds is 5. The Balaban J connectivity index is 1.30. The lowest BCUT2D eigenvalue weighted by Crippen LogP contribution is -2.49. The van der Waals surface area contributed by atoms with E-state index in [-0.39, 0.29) is 17.5 Å². The average Bonchev–Trinajstić information content (AvgIpc) is 3.57. The Hall–Kier alpha value is -3.75. The third-order valence-corrected chi connectivity index (χ3v) is 5.66. The summed E-state index contributed by atoms with van der Waals surface area (Å²) >= 11 is 0. The molecule has 1 amide bonds. The molecule has 0 spiro atoms. The summed E-state index contributed by atoms with van der Waals surface area (Å²) in [5.74, 6) is 2.02. The van der Waals surface area contributed by atoms with Gasteiger partial charge in [-0.15, -0.1) is 0 Å². The minimum absolute atomic E-state index is 0.0366. The van der Waals surface area contributed by atoms with Gasteiger partial charge in [-0.3, -0.25) is 14.9 Å². The van der Waals surface area contributed by atoms with Crippen LogP contribution >= 0.6 is 0 Å². The molecule has 0 N–H and O–H groups in total. The maximum absolute atomic E-state index is 13.3. The molecule has 2 aromatic heterocycles. The van der Waals surface area contributed by atoms with Crippen molar-refractivity contribution in [3.05, 3.63) is 70.2 Å². The lowest BCUT2D eigenvalue weighted by molar-refractivity contribution is -0.385. The van der Waals surface area contributed by atoms with E-state index in [9.17, 15) is 14.9 Å². The molecule has 2 aliphatic rings. The smallest absolute Gasteiger partial charge is 0.287 e. The summed E-state index contributed by atoms with van der Waals surface area (Å²) in [6.45, 7) is 2.24. The molecule has 158 valence electrons. The largest absolute Gasteiger partial charge is 0.440 e. The van der Waals surface area contributed by atoms with Crippen molar-refractivity contribution in [2.45, 2.75) is 18.8 Å². The SMILES string of the molecule is O=C(c1nc(-c2ccccc2)oc1C1CC1)N1CCN(c2ccc([N+](=O)[O-])cn2)CC1. The molecule has 0 unspecified atom stereocenters. The fourth-order valence-electron chi connectivity index (χ4n) is 3.77. The molecule has 1 aromatic carbocycles. The average molecular weight is 419 g/mol. The molecule has 31 heavy (non-hydrogen) atoms. The Labute approximate surface area is 178 Å². The molecule has 0 atom stereocenters. The second kappa shape index (κ2) is 7.82. The van der Waals surface area contributed by atoms with Crippen LogP contribution < -0.4 is 4.90 Å². The van der Waals surface area contributed by atoms with Gasteiger partial charge < -0.3 is 14.2 Å². The van der Waals surface area contributed by atoms with Crippen LogP contribution in [0.4, 0.5) is 11.5 Å². The molecule has 1 aliphatic heterocycles. The molecular formula is C22H21N5O4. The molecule has 0 bridgehead atoms. The first-order valence-corrected chi connectivity index (χ1v) is 10.3. The molecule has 9 heteroatoms. The van der Waals surface area contributed by atoms with Crippen molar-refractivity contribution in [1.82, 2.24) is 14.9 Å². The topological polar surface area (TPSA) is 106 Å². The Morgan fingerprint density at radius 1 is 1.06 bits per heavy atom. The molecule has 0 radical (unpaired) electrons. The van der Waals surface area contributed by atoms with Crippen LogP contribution in [0.15, 0.2) is 53.1 Å². The van der Waals surface area contributed by atoms with Crippen molar-refractivity contribution in [3.63, 3.8) is 0 Å². The second-order valence-electron chi connectivity index (χ2n) is 7.78. The number of anilines is 1. The second-order valence-corrected chi connectivity index (χ2v) is 7.78. The zero-order valence-electron chi connectivity index (χ0n) is 16.8. The van der Waals surface area contributed by atoms with Crippen molar-refractivity contribution in [1.29, 1.82) is 0 Å². The maximum Gasteiger partial charge on any atom is 0.287 e. The third-order valence-electron chi connectivity index (χ3n) is 5.66. The Bertz CT molecular complexity index is 1100. The van der Waals surface area contributed by atoms with Crippen molar-refractivity contribution >= 4 is 17.4 Å². The van der Waals surface area contributed by atoms with Crippen LogP contribution in [0, 0.1) is 10.1 Å². The molecule has 5 rings (SSSR count). The number of carbonyl (C=O) groups excluding carboxylic acids is 1. The number of aromatic nitrogens is 2. The van der Waals surface area contributed by atoms with Gasteiger partial charge in [0.1, 0.15) is 17.8 Å². The van der Waals surface area contributed by atoms with Crippen molar-refractivity contribution in [2.24, 2.45) is 0 Å². The first-order valence-electron chi connectivity index (χ1n) is 10.3. The zero-order chi connectivity index (χ0) is 21.4. The van der Waals surface area contributed by atoms with E-state index in [4.69, 9.17) is 4.42 Å². The number of amides is 1. The molecule has 9 nitrogen and oxygen atoms in total. The highest BCUT2D eigenvalue weighted by Gasteiger charge is 2.36. The summed E-state index contributed by atoms with van der Waals surface area (Å²) in [6.07, 6.45) is 3.29. The Kier molecular flexibility index (Phi) is 4.85. The third kappa shape index (κ3) is 3.86. The molecule has 2 fully saturated rings. The number of nitro groups is 1. The van der Waals surface area contributed by atoms with Crippen LogP contribution in [-0.2, 0) is 0 Å². The van der Waals surface area contributed by atoms with E-state index in [2.05, 4.69) is 9.97 Å². The lowest BCUT2D eigenvalue weighted by Gasteiger charge is -2.35. The molecule has 1 saturated heterocycles. The number of benzene rings is 1. The summed E-state index contributed by atoms with van der Waals surface area (Å²) in [5, 5.41) is 10.8. The van der Waals surface area contributed by atoms with Crippen LogP contribution in [0.3, 0.4) is 0 Å². The van der Waals surface area contributed by atoms with E-state index in [0.29, 0.717) is 49.3 Å². The van der Waals surface area contributed by atoms with E-state index in [1.807, 2.05) is 35.2 Å². The van der Waals surface area contributed by atoms with Crippen molar-refractivity contribution in [3.8, 4) is 11.5 Å². The zero-order valence-corrected chi connectivity index (χ0v) is 16.8. The maximum atomic E-state index is 13.3. The van der Waals surface area contributed by atoms with Gasteiger partial charge in [-0.25, -0.2) is 9.97 Å². The van der Waals surface area contributed by atoms with Crippen LogP contribution in [0.25, 0.3) is 11.5 Å². The van der Waals surface area contributed by atoms with Gasteiger partial charge >= 0.3 is 0 Å². The van der Waals surface area contributed by atoms with Crippen LogP contribution in [0.5, 0.6) is 0 Å². The normalized spacial score (nSPS) is 16.4. The fourth-order valence-corrected chi connectivity index (χ4v) is 3.77. The van der Waals surface area contributed by atoms with E-state index < -0.39 is 4.92 Å². The van der Waals surface area contributed by atoms with Gasteiger partial charge in [0.15, 0.2) is 5.69 Å².